The SMILES string of the molecule is COc1ccc(C2CCNCCN2c2ccccc2)cc1. The lowest BCUT2D eigenvalue weighted by molar-refractivity contribution is 0.414. The van der Waals surface area contributed by atoms with Gasteiger partial charge in [-0.15, -0.1) is 0 Å². The fourth-order valence-electron chi connectivity index (χ4n) is 2.98. The van der Waals surface area contributed by atoms with E-state index in [9.17, 15) is 0 Å². The van der Waals surface area contributed by atoms with E-state index in [2.05, 4.69) is 64.8 Å². The van der Waals surface area contributed by atoms with Gasteiger partial charge in [0.2, 0.25) is 0 Å². The van der Waals surface area contributed by atoms with Crippen LogP contribution >= 0.6 is 0 Å². The Labute approximate surface area is 126 Å². The number of para-hydroxylation sites is 1. The Hall–Kier alpha value is -2.00. The molecule has 0 radical (unpaired) electrons. The molecular weight excluding hydrogens is 260 g/mol. The molecule has 0 spiro atoms. The molecule has 21 heavy (non-hydrogen) atoms. The first kappa shape index (κ1) is 14.0. The summed E-state index contributed by atoms with van der Waals surface area (Å²) < 4.78 is 5.27. The predicted molar refractivity (Wildman–Crippen MR) is 87.0 cm³/mol. The second-order valence-corrected chi connectivity index (χ2v) is 5.36. The minimum atomic E-state index is 0.410. The van der Waals surface area contributed by atoms with Crippen LogP contribution in [-0.4, -0.2) is 26.7 Å². The smallest absolute Gasteiger partial charge is 0.118 e. The van der Waals surface area contributed by atoms with Gasteiger partial charge in [0.25, 0.3) is 0 Å². The van der Waals surface area contributed by atoms with Gasteiger partial charge >= 0.3 is 0 Å². The highest BCUT2D eigenvalue weighted by atomic mass is 16.5. The molecule has 110 valence electrons. The van der Waals surface area contributed by atoms with Crippen LogP contribution in [0.1, 0.15) is 18.0 Å². The van der Waals surface area contributed by atoms with Crippen molar-refractivity contribution in [2.75, 3.05) is 31.6 Å². The monoisotopic (exact) mass is 282 g/mol. The van der Waals surface area contributed by atoms with Gasteiger partial charge < -0.3 is 15.0 Å². The number of nitrogens with zero attached hydrogens (tertiary/aromatic N) is 1. The topological polar surface area (TPSA) is 24.5 Å². The highest BCUT2D eigenvalue weighted by Gasteiger charge is 2.22. The molecule has 0 aliphatic carbocycles. The number of hydrogen-bond donors (Lipinski definition) is 1. The molecule has 1 N–H and O–H groups in total. The normalized spacial score (nSPS) is 19.1. The van der Waals surface area contributed by atoms with E-state index >= 15 is 0 Å². The summed E-state index contributed by atoms with van der Waals surface area (Å²) in [7, 11) is 1.71. The maximum atomic E-state index is 5.27. The van der Waals surface area contributed by atoms with Crippen LogP contribution in [0.15, 0.2) is 54.6 Å². The Bertz CT molecular complexity index is 553. The Balaban J connectivity index is 1.91. The zero-order valence-electron chi connectivity index (χ0n) is 12.5. The fourth-order valence-corrected chi connectivity index (χ4v) is 2.98. The summed E-state index contributed by atoms with van der Waals surface area (Å²) in [6.07, 6.45) is 1.11. The molecule has 3 nitrogen and oxygen atoms in total. The number of hydrogen-bond acceptors (Lipinski definition) is 3. The molecule has 1 unspecified atom stereocenters. The van der Waals surface area contributed by atoms with Crippen molar-refractivity contribution in [1.82, 2.24) is 5.32 Å². The van der Waals surface area contributed by atoms with E-state index in [1.807, 2.05) is 0 Å². The second-order valence-electron chi connectivity index (χ2n) is 5.36. The lowest BCUT2D eigenvalue weighted by Gasteiger charge is -2.32. The minimum absolute atomic E-state index is 0.410. The van der Waals surface area contributed by atoms with Gasteiger partial charge in [0, 0.05) is 18.8 Å². The third kappa shape index (κ3) is 3.19. The Morgan fingerprint density at radius 2 is 1.76 bits per heavy atom. The van der Waals surface area contributed by atoms with E-state index in [1.165, 1.54) is 11.3 Å². The number of nitrogens with one attached hydrogen (secondary N) is 1. The van der Waals surface area contributed by atoms with E-state index in [-0.39, 0.29) is 0 Å². The molecule has 3 heteroatoms. The molecule has 3 rings (SSSR count). The molecule has 0 amide bonds. The van der Waals surface area contributed by atoms with Crippen LogP contribution in [-0.2, 0) is 0 Å². The number of benzene rings is 2. The maximum Gasteiger partial charge on any atom is 0.118 e. The first-order valence-electron chi connectivity index (χ1n) is 7.55. The molecular formula is C18H22N2O. The Kier molecular flexibility index (Phi) is 4.41. The molecule has 2 aromatic rings. The summed E-state index contributed by atoms with van der Waals surface area (Å²) in [6.45, 7) is 3.11. The number of ether oxygens (including phenoxy) is 1. The first-order chi connectivity index (χ1) is 10.4. The van der Waals surface area contributed by atoms with Crippen LogP contribution in [0, 0.1) is 0 Å². The van der Waals surface area contributed by atoms with Crippen LogP contribution < -0.4 is 15.0 Å². The van der Waals surface area contributed by atoms with Crippen molar-refractivity contribution in [3.63, 3.8) is 0 Å². The van der Waals surface area contributed by atoms with E-state index in [1.54, 1.807) is 7.11 Å². The molecule has 1 aliphatic heterocycles. The van der Waals surface area contributed by atoms with E-state index in [0.29, 0.717) is 6.04 Å². The van der Waals surface area contributed by atoms with Crippen LogP contribution in [0.3, 0.4) is 0 Å². The van der Waals surface area contributed by atoms with Gasteiger partial charge in [-0.1, -0.05) is 30.3 Å². The Morgan fingerprint density at radius 3 is 2.48 bits per heavy atom. The van der Waals surface area contributed by atoms with E-state index < -0.39 is 0 Å². The summed E-state index contributed by atoms with van der Waals surface area (Å²) in [6, 6.07) is 19.6. The highest BCUT2D eigenvalue weighted by Crippen LogP contribution is 2.31. The lowest BCUT2D eigenvalue weighted by Crippen LogP contribution is -2.30. The van der Waals surface area contributed by atoms with Crippen molar-refractivity contribution in [3.05, 3.63) is 60.2 Å². The van der Waals surface area contributed by atoms with Gasteiger partial charge in [0.15, 0.2) is 0 Å². The van der Waals surface area contributed by atoms with Gasteiger partial charge in [-0.3, -0.25) is 0 Å². The summed E-state index contributed by atoms with van der Waals surface area (Å²) in [5.74, 6) is 0.914. The average Bonchev–Trinajstić information content (AvgIpc) is 2.81. The van der Waals surface area contributed by atoms with Crippen molar-refractivity contribution in [1.29, 1.82) is 0 Å². The average molecular weight is 282 g/mol. The molecule has 0 aromatic heterocycles. The lowest BCUT2D eigenvalue weighted by atomic mass is 10.0. The van der Waals surface area contributed by atoms with Gasteiger partial charge in [0.1, 0.15) is 5.75 Å². The molecule has 1 heterocycles. The molecule has 1 saturated heterocycles. The molecule has 0 bridgehead atoms. The zero-order chi connectivity index (χ0) is 14.5. The van der Waals surface area contributed by atoms with Gasteiger partial charge in [-0.05, 0) is 42.8 Å². The number of methoxy groups -OCH3 is 1. The largest absolute Gasteiger partial charge is 0.497 e. The fraction of sp³-hybridized carbons (Fsp3) is 0.333. The summed E-state index contributed by atoms with van der Waals surface area (Å²) in [5, 5.41) is 3.50. The summed E-state index contributed by atoms with van der Waals surface area (Å²) in [4.78, 5) is 2.50. The number of anilines is 1. The van der Waals surface area contributed by atoms with Gasteiger partial charge in [0.05, 0.1) is 13.2 Å². The predicted octanol–water partition coefficient (Wildman–Crippen LogP) is 3.24. The summed E-state index contributed by atoms with van der Waals surface area (Å²) >= 11 is 0. The van der Waals surface area contributed by atoms with Crippen molar-refractivity contribution in [2.45, 2.75) is 12.5 Å². The van der Waals surface area contributed by atoms with Crippen molar-refractivity contribution in [3.8, 4) is 5.75 Å². The number of rotatable bonds is 3. The molecule has 0 saturated carbocycles. The molecule has 1 aliphatic rings. The van der Waals surface area contributed by atoms with Crippen LogP contribution in [0.5, 0.6) is 5.75 Å². The van der Waals surface area contributed by atoms with Crippen molar-refractivity contribution in [2.24, 2.45) is 0 Å². The van der Waals surface area contributed by atoms with Crippen LogP contribution in [0.4, 0.5) is 5.69 Å². The molecule has 2 aromatic carbocycles. The second kappa shape index (κ2) is 6.64. The van der Waals surface area contributed by atoms with Crippen molar-refractivity contribution < 1.29 is 4.74 Å². The zero-order valence-corrected chi connectivity index (χ0v) is 12.5. The molecule has 1 fully saturated rings. The Morgan fingerprint density at radius 1 is 1.00 bits per heavy atom. The minimum Gasteiger partial charge on any atom is -0.497 e. The third-order valence-electron chi connectivity index (χ3n) is 4.09. The van der Waals surface area contributed by atoms with Crippen molar-refractivity contribution >= 4 is 5.69 Å². The molecule has 1 atom stereocenters. The maximum absolute atomic E-state index is 5.27. The van der Waals surface area contributed by atoms with Gasteiger partial charge in [-0.2, -0.15) is 0 Å². The summed E-state index contributed by atoms with van der Waals surface area (Å²) in [5.41, 5.74) is 2.64. The first-order valence-corrected chi connectivity index (χ1v) is 7.55. The third-order valence-corrected chi connectivity index (χ3v) is 4.09. The van der Waals surface area contributed by atoms with E-state index in [4.69, 9.17) is 4.74 Å². The highest BCUT2D eigenvalue weighted by molar-refractivity contribution is 5.49. The van der Waals surface area contributed by atoms with Gasteiger partial charge in [-0.25, -0.2) is 0 Å². The van der Waals surface area contributed by atoms with Crippen LogP contribution in [0.25, 0.3) is 0 Å². The quantitative estimate of drug-likeness (QED) is 0.935. The van der Waals surface area contributed by atoms with Crippen LogP contribution in [0.2, 0.25) is 0 Å². The van der Waals surface area contributed by atoms with E-state index in [0.717, 1.165) is 31.8 Å². The standard InChI is InChI=1S/C18H22N2O/c1-21-17-9-7-15(8-10-17)18-11-12-19-13-14-20(18)16-5-3-2-4-6-16/h2-10,18-19H,11-14H2,1H3.